The van der Waals surface area contributed by atoms with Crippen LogP contribution in [0.3, 0.4) is 0 Å². The fraction of sp³-hybridized carbons (Fsp3) is 0.0455. The quantitative estimate of drug-likeness (QED) is 0.503. The number of benzene rings is 3. The topological polar surface area (TPSA) is 69.0 Å². The highest BCUT2D eigenvalue weighted by Crippen LogP contribution is 2.24. The lowest BCUT2D eigenvalue weighted by atomic mass is 10.1. The van der Waals surface area contributed by atoms with Crippen molar-refractivity contribution in [3.05, 3.63) is 102 Å². The second-order valence-electron chi connectivity index (χ2n) is 6.25. The fourth-order valence-electron chi connectivity index (χ4n) is 2.77. The Hall–Kier alpha value is -3.64. The number of hydrogen-bond donors (Lipinski definition) is 1. The molecule has 1 heterocycles. The Morgan fingerprint density at radius 1 is 1.03 bits per heavy atom. The van der Waals surface area contributed by atoms with E-state index in [1.54, 1.807) is 41.3 Å². The number of aromatic nitrogens is 3. The number of nitrogens with one attached hydrogen (secondary N) is 1. The van der Waals surface area contributed by atoms with Crippen molar-refractivity contribution < 1.29 is 9.53 Å². The molecule has 144 valence electrons. The van der Waals surface area contributed by atoms with Gasteiger partial charge in [0.15, 0.2) is 0 Å². The maximum absolute atomic E-state index is 12.7. The van der Waals surface area contributed by atoms with E-state index in [4.69, 9.17) is 16.3 Å². The summed E-state index contributed by atoms with van der Waals surface area (Å²) >= 11 is 6.10. The highest BCUT2D eigenvalue weighted by Gasteiger charge is 2.12. The molecule has 0 radical (unpaired) electrons. The first kappa shape index (κ1) is 18.7. The average Bonchev–Trinajstić information content (AvgIpc) is 3.28. The van der Waals surface area contributed by atoms with Gasteiger partial charge >= 0.3 is 0 Å². The van der Waals surface area contributed by atoms with E-state index >= 15 is 0 Å². The van der Waals surface area contributed by atoms with Gasteiger partial charge in [0.25, 0.3) is 5.91 Å². The zero-order valence-corrected chi connectivity index (χ0v) is 16.1. The van der Waals surface area contributed by atoms with E-state index in [-0.39, 0.29) is 5.91 Å². The van der Waals surface area contributed by atoms with Gasteiger partial charge in [0.05, 0.1) is 11.4 Å². The molecule has 0 saturated carbocycles. The van der Waals surface area contributed by atoms with Crippen LogP contribution >= 0.6 is 11.6 Å². The molecule has 1 N–H and O–H groups in total. The van der Waals surface area contributed by atoms with Crippen LogP contribution in [-0.4, -0.2) is 20.7 Å². The summed E-state index contributed by atoms with van der Waals surface area (Å²) in [4.78, 5) is 16.6. The Morgan fingerprint density at radius 3 is 2.55 bits per heavy atom. The Balaban J connectivity index is 1.46. The third kappa shape index (κ3) is 4.62. The molecule has 3 aromatic carbocycles. The van der Waals surface area contributed by atoms with Crippen molar-refractivity contribution in [3.63, 3.8) is 0 Å². The number of carbonyl (C=O) groups is 1. The highest BCUT2D eigenvalue weighted by molar-refractivity contribution is 6.31. The number of para-hydroxylation sites is 1. The van der Waals surface area contributed by atoms with Gasteiger partial charge in [-0.2, -0.15) is 5.10 Å². The van der Waals surface area contributed by atoms with Gasteiger partial charge < -0.3 is 10.1 Å². The van der Waals surface area contributed by atoms with E-state index in [1.165, 1.54) is 6.33 Å². The van der Waals surface area contributed by atoms with Crippen LogP contribution in [0.5, 0.6) is 5.75 Å². The molecule has 0 bridgehead atoms. The lowest BCUT2D eigenvalue weighted by Crippen LogP contribution is -2.14. The number of rotatable bonds is 6. The van der Waals surface area contributed by atoms with Crippen molar-refractivity contribution in [1.82, 2.24) is 14.8 Å². The van der Waals surface area contributed by atoms with Crippen LogP contribution in [0.1, 0.15) is 15.9 Å². The molecule has 0 aliphatic carbocycles. The van der Waals surface area contributed by atoms with Gasteiger partial charge in [-0.15, -0.1) is 0 Å². The Kier molecular flexibility index (Phi) is 5.54. The number of carbonyl (C=O) groups excluding carboxylic acids is 1. The normalized spacial score (nSPS) is 10.5. The zero-order chi connectivity index (χ0) is 20.1. The standard InChI is InChI=1S/C22H17ClN4O2/c23-18-10-11-21(27-15-24-14-25-27)20(12-18)26-22(28)17-8-6-16(7-9-17)13-29-19-4-2-1-3-5-19/h1-12,14-15H,13H2,(H,26,28). The summed E-state index contributed by atoms with van der Waals surface area (Å²) in [5.41, 5.74) is 2.71. The minimum absolute atomic E-state index is 0.246. The van der Waals surface area contributed by atoms with E-state index in [2.05, 4.69) is 15.4 Å². The van der Waals surface area contributed by atoms with Gasteiger partial charge in [-0.25, -0.2) is 9.67 Å². The van der Waals surface area contributed by atoms with Gasteiger partial charge in [0.1, 0.15) is 25.0 Å². The number of nitrogens with zero attached hydrogens (tertiary/aromatic N) is 3. The number of hydrogen-bond acceptors (Lipinski definition) is 4. The lowest BCUT2D eigenvalue weighted by Gasteiger charge is -2.12. The predicted octanol–water partition coefficient (Wildman–Crippen LogP) is 4.75. The summed E-state index contributed by atoms with van der Waals surface area (Å²) in [6.07, 6.45) is 2.98. The second-order valence-corrected chi connectivity index (χ2v) is 6.69. The molecule has 7 heteroatoms. The fourth-order valence-corrected chi connectivity index (χ4v) is 2.94. The lowest BCUT2D eigenvalue weighted by molar-refractivity contribution is 0.102. The molecule has 1 aromatic heterocycles. The van der Waals surface area contributed by atoms with E-state index in [1.807, 2.05) is 42.5 Å². The minimum atomic E-state index is -0.246. The highest BCUT2D eigenvalue weighted by atomic mass is 35.5. The first-order valence-electron chi connectivity index (χ1n) is 8.92. The van der Waals surface area contributed by atoms with Gasteiger partial charge in [0.2, 0.25) is 0 Å². The van der Waals surface area contributed by atoms with Gasteiger partial charge in [-0.1, -0.05) is 41.9 Å². The Bertz CT molecular complexity index is 1100. The molecule has 6 nitrogen and oxygen atoms in total. The summed E-state index contributed by atoms with van der Waals surface area (Å²) in [6, 6.07) is 22.0. The van der Waals surface area contributed by atoms with Gasteiger partial charge in [-0.05, 0) is 48.0 Å². The summed E-state index contributed by atoms with van der Waals surface area (Å²) in [7, 11) is 0. The van der Waals surface area contributed by atoms with Crippen LogP contribution in [0.15, 0.2) is 85.5 Å². The summed E-state index contributed by atoms with van der Waals surface area (Å²) in [5.74, 6) is 0.556. The molecule has 0 saturated heterocycles. The third-order valence-corrected chi connectivity index (χ3v) is 4.47. The molecule has 0 spiro atoms. The molecule has 4 aromatic rings. The van der Waals surface area contributed by atoms with E-state index < -0.39 is 0 Å². The van der Waals surface area contributed by atoms with Crippen molar-refractivity contribution in [2.24, 2.45) is 0 Å². The molecule has 0 unspecified atom stereocenters. The largest absolute Gasteiger partial charge is 0.489 e. The molecule has 0 aliphatic rings. The summed E-state index contributed by atoms with van der Waals surface area (Å²) in [5, 5.41) is 7.51. The maximum atomic E-state index is 12.7. The first-order chi connectivity index (χ1) is 14.2. The zero-order valence-electron chi connectivity index (χ0n) is 15.3. The summed E-state index contributed by atoms with van der Waals surface area (Å²) in [6.45, 7) is 0.427. The van der Waals surface area contributed by atoms with E-state index in [9.17, 15) is 4.79 Å². The van der Waals surface area contributed by atoms with Crippen LogP contribution in [-0.2, 0) is 6.61 Å². The van der Waals surface area contributed by atoms with Crippen molar-refractivity contribution in [1.29, 1.82) is 0 Å². The molecule has 0 fully saturated rings. The first-order valence-corrected chi connectivity index (χ1v) is 9.29. The predicted molar refractivity (Wildman–Crippen MR) is 112 cm³/mol. The third-order valence-electron chi connectivity index (χ3n) is 4.24. The van der Waals surface area contributed by atoms with Crippen molar-refractivity contribution in [3.8, 4) is 11.4 Å². The maximum Gasteiger partial charge on any atom is 0.255 e. The molecular weight excluding hydrogens is 388 g/mol. The smallest absolute Gasteiger partial charge is 0.255 e. The Labute approximate surface area is 172 Å². The van der Waals surface area contributed by atoms with Crippen LogP contribution in [0.2, 0.25) is 5.02 Å². The molecule has 0 atom stereocenters. The second kappa shape index (κ2) is 8.58. The monoisotopic (exact) mass is 404 g/mol. The molecule has 29 heavy (non-hydrogen) atoms. The SMILES string of the molecule is O=C(Nc1cc(Cl)ccc1-n1cncn1)c1ccc(COc2ccccc2)cc1. The molecule has 0 aliphatic heterocycles. The number of ether oxygens (including phenoxy) is 1. The van der Waals surface area contributed by atoms with Gasteiger partial charge in [-0.3, -0.25) is 4.79 Å². The van der Waals surface area contributed by atoms with Crippen LogP contribution in [0, 0.1) is 0 Å². The van der Waals surface area contributed by atoms with Crippen molar-refractivity contribution in [2.45, 2.75) is 6.61 Å². The van der Waals surface area contributed by atoms with Crippen molar-refractivity contribution >= 4 is 23.2 Å². The Morgan fingerprint density at radius 2 is 1.83 bits per heavy atom. The summed E-state index contributed by atoms with van der Waals surface area (Å²) < 4.78 is 7.29. The molecular formula is C22H17ClN4O2. The minimum Gasteiger partial charge on any atom is -0.489 e. The number of amides is 1. The number of anilines is 1. The average molecular weight is 405 g/mol. The van der Waals surface area contributed by atoms with Crippen LogP contribution in [0.4, 0.5) is 5.69 Å². The van der Waals surface area contributed by atoms with Crippen LogP contribution in [0.25, 0.3) is 5.69 Å². The van der Waals surface area contributed by atoms with Crippen LogP contribution < -0.4 is 10.1 Å². The number of halogens is 1. The molecule has 4 rings (SSSR count). The van der Waals surface area contributed by atoms with Gasteiger partial charge in [0, 0.05) is 10.6 Å². The van der Waals surface area contributed by atoms with E-state index in [0.29, 0.717) is 28.6 Å². The van der Waals surface area contributed by atoms with E-state index in [0.717, 1.165) is 11.3 Å². The van der Waals surface area contributed by atoms with Crippen molar-refractivity contribution in [2.75, 3.05) is 5.32 Å². The molecule has 1 amide bonds.